The minimum atomic E-state index is -0.185. The lowest BCUT2D eigenvalue weighted by Crippen LogP contribution is -2.31. The second-order valence-electron chi connectivity index (χ2n) is 5.95. The molecule has 26 heavy (non-hydrogen) atoms. The highest BCUT2D eigenvalue weighted by Crippen LogP contribution is 2.21. The van der Waals surface area contributed by atoms with E-state index in [-0.39, 0.29) is 11.5 Å². The molecule has 1 aromatic carbocycles. The lowest BCUT2D eigenvalue weighted by Gasteiger charge is -2.12. The van der Waals surface area contributed by atoms with E-state index in [1.54, 1.807) is 29.5 Å². The maximum absolute atomic E-state index is 12.2. The molecular weight excluding hydrogens is 348 g/mol. The summed E-state index contributed by atoms with van der Waals surface area (Å²) >= 11 is 1.57. The molecule has 0 radical (unpaired) electrons. The minimum absolute atomic E-state index is 0.169. The van der Waals surface area contributed by atoms with Crippen molar-refractivity contribution in [3.63, 3.8) is 0 Å². The van der Waals surface area contributed by atoms with Gasteiger partial charge in [0, 0.05) is 38.0 Å². The Morgan fingerprint density at radius 2 is 1.92 bits per heavy atom. The summed E-state index contributed by atoms with van der Waals surface area (Å²) in [4.78, 5) is 27.2. The lowest BCUT2D eigenvalue weighted by atomic mass is 10.2. The van der Waals surface area contributed by atoms with Gasteiger partial charge in [0.1, 0.15) is 5.69 Å². The number of carbonyl (C=O) groups excluding carboxylic acids is 1. The normalized spacial score (nSPS) is 10.5. The van der Waals surface area contributed by atoms with Gasteiger partial charge in [-0.05, 0) is 41.8 Å². The Morgan fingerprint density at radius 1 is 1.15 bits per heavy atom. The van der Waals surface area contributed by atoms with Crippen molar-refractivity contribution in [3.8, 4) is 10.6 Å². The molecule has 6 nitrogen and oxygen atoms in total. The Balaban J connectivity index is 1.61. The van der Waals surface area contributed by atoms with Gasteiger partial charge in [-0.1, -0.05) is 6.07 Å². The molecule has 0 aliphatic carbocycles. The number of amides is 1. The summed E-state index contributed by atoms with van der Waals surface area (Å²) in [5.74, 6) is -0.169. The van der Waals surface area contributed by atoms with Crippen molar-refractivity contribution in [1.29, 1.82) is 0 Å². The molecular formula is C19H20N4O2S. The molecule has 0 atom stereocenters. The molecule has 0 aliphatic rings. The zero-order valence-corrected chi connectivity index (χ0v) is 15.5. The molecule has 0 unspecified atom stereocenters. The van der Waals surface area contributed by atoms with Crippen molar-refractivity contribution < 1.29 is 4.79 Å². The average molecular weight is 368 g/mol. The van der Waals surface area contributed by atoms with Gasteiger partial charge in [0.05, 0.1) is 11.4 Å². The standard InChI is InChI=1S/C19H20N4O2S/c1-22(2)15-7-5-14(6-8-15)19(25)20-11-12-23-18(24)10-9-16(21-23)17-4-3-13-26-17/h3-10,13H,11-12H2,1-2H3,(H,20,25). The van der Waals surface area contributed by atoms with Crippen LogP contribution in [0.1, 0.15) is 10.4 Å². The van der Waals surface area contributed by atoms with E-state index in [0.717, 1.165) is 16.3 Å². The van der Waals surface area contributed by atoms with Crippen LogP contribution in [-0.4, -0.2) is 36.3 Å². The number of carbonyl (C=O) groups is 1. The van der Waals surface area contributed by atoms with E-state index in [1.165, 1.54) is 10.7 Å². The molecule has 0 spiro atoms. The summed E-state index contributed by atoms with van der Waals surface area (Å²) in [5.41, 5.74) is 2.19. The van der Waals surface area contributed by atoms with Crippen LogP contribution in [0.5, 0.6) is 0 Å². The Labute approximate surface area is 155 Å². The molecule has 7 heteroatoms. The van der Waals surface area contributed by atoms with Crippen molar-refractivity contribution in [2.24, 2.45) is 0 Å². The monoisotopic (exact) mass is 368 g/mol. The molecule has 3 rings (SSSR count). The fraction of sp³-hybridized carbons (Fsp3) is 0.211. The second kappa shape index (κ2) is 7.97. The van der Waals surface area contributed by atoms with Crippen LogP contribution >= 0.6 is 11.3 Å². The number of hydrogen-bond donors (Lipinski definition) is 1. The first kappa shape index (κ1) is 17.9. The second-order valence-corrected chi connectivity index (χ2v) is 6.90. The van der Waals surface area contributed by atoms with Gasteiger partial charge in [-0.3, -0.25) is 9.59 Å². The SMILES string of the molecule is CN(C)c1ccc(C(=O)NCCn2nc(-c3cccs3)ccc2=O)cc1. The molecule has 0 aliphatic heterocycles. The molecule has 0 fully saturated rings. The van der Waals surface area contributed by atoms with Crippen molar-refractivity contribution in [1.82, 2.24) is 15.1 Å². The van der Waals surface area contributed by atoms with E-state index in [1.807, 2.05) is 48.6 Å². The maximum Gasteiger partial charge on any atom is 0.266 e. The van der Waals surface area contributed by atoms with Crippen LogP contribution < -0.4 is 15.8 Å². The summed E-state index contributed by atoms with van der Waals surface area (Å²) in [6, 6.07) is 14.5. The van der Waals surface area contributed by atoms with Crippen LogP contribution in [0, 0.1) is 0 Å². The predicted molar refractivity (Wildman–Crippen MR) is 105 cm³/mol. The number of hydrogen-bond acceptors (Lipinski definition) is 5. The van der Waals surface area contributed by atoms with Crippen LogP contribution in [-0.2, 0) is 6.54 Å². The van der Waals surface area contributed by atoms with Gasteiger partial charge in [0.15, 0.2) is 0 Å². The Hall–Kier alpha value is -2.93. The highest BCUT2D eigenvalue weighted by atomic mass is 32.1. The number of nitrogens with zero attached hydrogens (tertiary/aromatic N) is 3. The van der Waals surface area contributed by atoms with Gasteiger partial charge in [0.25, 0.3) is 11.5 Å². The third-order valence-electron chi connectivity index (χ3n) is 3.90. The molecule has 2 aromatic heterocycles. The third kappa shape index (κ3) is 4.18. The first-order valence-corrected chi connectivity index (χ1v) is 9.10. The van der Waals surface area contributed by atoms with E-state index in [0.29, 0.717) is 18.7 Å². The minimum Gasteiger partial charge on any atom is -0.378 e. The van der Waals surface area contributed by atoms with E-state index < -0.39 is 0 Å². The van der Waals surface area contributed by atoms with Gasteiger partial charge < -0.3 is 10.2 Å². The van der Waals surface area contributed by atoms with Crippen molar-refractivity contribution in [2.75, 3.05) is 25.5 Å². The molecule has 1 N–H and O–H groups in total. The number of thiophene rings is 1. The third-order valence-corrected chi connectivity index (χ3v) is 4.79. The molecule has 0 bridgehead atoms. The first-order chi connectivity index (χ1) is 12.5. The van der Waals surface area contributed by atoms with E-state index in [9.17, 15) is 9.59 Å². The van der Waals surface area contributed by atoms with E-state index in [4.69, 9.17) is 0 Å². The zero-order valence-electron chi connectivity index (χ0n) is 14.7. The fourth-order valence-electron chi connectivity index (χ4n) is 2.45. The fourth-order valence-corrected chi connectivity index (χ4v) is 3.14. The lowest BCUT2D eigenvalue weighted by molar-refractivity contribution is 0.0952. The van der Waals surface area contributed by atoms with Crippen molar-refractivity contribution in [2.45, 2.75) is 6.54 Å². The predicted octanol–water partition coefficient (Wildman–Crippen LogP) is 2.47. The molecule has 2 heterocycles. The molecule has 0 saturated heterocycles. The van der Waals surface area contributed by atoms with E-state index in [2.05, 4.69) is 10.4 Å². The Kier molecular flexibility index (Phi) is 5.48. The number of aromatic nitrogens is 2. The van der Waals surface area contributed by atoms with Gasteiger partial charge in [-0.2, -0.15) is 5.10 Å². The maximum atomic E-state index is 12.2. The Bertz CT molecular complexity index is 931. The van der Waals surface area contributed by atoms with Crippen LogP contribution in [0.3, 0.4) is 0 Å². The summed E-state index contributed by atoms with van der Waals surface area (Å²) in [5, 5.41) is 9.17. The molecule has 0 saturated carbocycles. The molecule has 1 amide bonds. The van der Waals surface area contributed by atoms with Crippen molar-refractivity contribution in [3.05, 3.63) is 69.8 Å². The van der Waals surface area contributed by atoms with Crippen LogP contribution in [0.25, 0.3) is 10.6 Å². The first-order valence-electron chi connectivity index (χ1n) is 8.22. The Morgan fingerprint density at radius 3 is 2.58 bits per heavy atom. The van der Waals surface area contributed by atoms with Gasteiger partial charge in [-0.25, -0.2) is 4.68 Å². The summed E-state index contributed by atoms with van der Waals surface area (Å²) in [6.45, 7) is 0.647. The van der Waals surface area contributed by atoms with Crippen LogP contribution in [0.2, 0.25) is 0 Å². The van der Waals surface area contributed by atoms with Crippen LogP contribution in [0.15, 0.2) is 58.7 Å². The van der Waals surface area contributed by atoms with E-state index >= 15 is 0 Å². The molecule has 134 valence electrons. The average Bonchev–Trinajstić information content (AvgIpc) is 3.18. The molecule has 3 aromatic rings. The smallest absolute Gasteiger partial charge is 0.266 e. The summed E-state index contributed by atoms with van der Waals surface area (Å²) < 4.78 is 1.38. The van der Waals surface area contributed by atoms with Gasteiger partial charge in [0.2, 0.25) is 0 Å². The number of rotatable bonds is 6. The quantitative estimate of drug-likeness (QED) is 0.726. The largest absolute Gasteiger partial charge is 0.378 e. The highest BCUT2D eigenvalue weighted by Gasteiger charge is 2.07. The van der Waals surface area contributed by atoms with Crippen molar-refractivity contribution >= 4 is 22.9 Å². The van der Waals surface area contributed by atoms with Gasteiger partial charge >= 0.3 is 0 Å². The number of nitrogens with one attached hydrogen (secondary N) is 1. The zero-order chi connectivity index (χ0) is 18.5. The topological polar surface area (TPSA) is 67.2 Å². The van der Waals surface area contributed by atoms with Crippen LogP contribution in [0.4, 0.5) is 5.69 Å². The number of benzene rings is 1. The summed E-state index contributed by atoms with van der Waals surface area (Å²) in [6.07, 6.45) is 0. The summed E-state index contributed by atoms with van der Waals surface area (Å²) in [7, 11) is 3.90. The highest BCUT2D eigenvalue weighted by molar-refractivity contribution is 7.13. The van der Waals surface area contributed by atoms with Gasteiger partial charge in [-0.15, -0.1) is 11.3 Å². The number of anilines is 1.